The predicted octanol–water partition coefficient (Wildman–Crippen LogP) is 5.04. The molecule has 0 saturated carbocycles. The lowest BCUT2D eigenvalue weighted by Gasteiger charge is -2.13. The van der Waals surface area contributed by atoms with Crippen LogP contribution in [0, 0.1) is 0 Å². The second-order valence-electron chi connectivity index (χ2n) is 6.95. The quantitative estimate of drug-likeness (QED) is 0.473. The molecule has 31 heavy (non-hydrogen) atoms. The molecule has 1 amide bonds. The van der Waals surface area contributed by atoms with Crippen LogP contribution in [0.3, 0.4) is 0 Å². The van der Waals surface area contributed by atoms with Crippen LogP contribution in [0.5, 0.6) is 17.2 Å². The van der Waals surface area contributed by atoms with Gasteiger partial charge in [0.15, 0.2) is 11.5 Å². The van der Waals surface area contributed by atoms with Gasteiger partial charge in [0.25, 0.3) is 5.91 Å². The van der Waals surface area contributed by atoms with Crippen LogP contribution < -0.4 is 19.5 Å². The van der Waals surface area contributed by atoms with E-state index in [4.69, 9.17) is 14.2 Å². The third-order valence-electron chi connectivity index (χ3n) is 4.67. The first-order chi connectivity index (χ1) is 15.2. The molecule has 1 N–H and O–H groups in total. The molecule has 3 rings (SSSR count). The smallest absolute Gasteiger partial charge is 0.251 e. The van der Waals surface area contributed by atoms with Gasteiger partial charge in [0.1, 0.15) is 12.4 Å². The summed E-state index contributed by atoms with van der Waals surface area (Å²) in [4.78, 5) is 12.4. The third kappa shape index (κ3) is 6.78. The van der Waals surface area contributed by atoms with Gasteiger partial charge in [-0.1, -0.05) is 36.4 Å². The first-order valence-electron chi connectivity index (χ1n) is 10.6. The summed E-state index contributed by atoms with van der Waals surface area (Å²) in [6, 6.07) is 23.1. The monoisotopic (exact) mass is 419 g/mol. The molecule has 0 unspecified atom stereocenters. The fraction of sp³-hybridized carbons (Fsp3) is 0.269. The zero-order valence-electron chi connectivity index (χ0n) is 18.1. The Morgan fingerprint density at radius 2 is 1.48 bits per heavy atom. The zero-order valence-corrected chi connectivity index (χ0v) is 18.1. The summed E-state index contributed by atoms with van der Waals surface area (Å²) in [5, 5.41) is 2.96. The van der Waals surface area contributed by atoms with Gasteiger partial charge in [-0.15, -0.1) is 0 Å². The second-order valence-corrected chi connectivity index (χ2v) is 6.95. The van der Waals surface area contributed by atoms with Crippen molar-refractivity contribution >= 4 is 5.91 Å². The van der Waals surface area contributed by atoms with Crippen LogP contribution >= 0.6 is 0 Å². The van der Waals surface area contributed by atoms with Gasteiger partial charge in [0.05, 0.1) is 13.2 Å². The number of nitrogens with one attached hydrogen (secondary N) is 1. The van der Waals surface area contributed by atoms with Gasteiger partial charge in [0, 0.05) is 12.1 Å². The van der Waals surface area contributed by atoms with Gasteiger partial charge in [-0.2, -0.15) is 0 Å². The zero-order chi connectivity index (χ0) is 21.9. The normalized spacial score (nSPS) is 10.4. The van der Waals surface area contributed by atoms with Crippen molar-refractivity contribution in [3.63, 3.8) is 0 Å². The van der Waals surface area contributed by atoms with E-state index in [0.29, 0.717) is 38.3 Å². The fourth-order valence-electron chi connectivity index (χ4n) is 3.12. The summed E-state index contributed by atoms with van der Waals surface area (Å²) < 4.78 is 17.0. The van der Waals surface area contributed by atoms with E-state index in [-0.39, 0.29) is 5.91 Å². The maximum absolute atomic E-state index is 12.4. The second kappa shape index (κ2) is 11.6. The van der Waals surface area contributed by atoms with Crippen LogP contribution in [0.25, 0.3) is 0 Å². The number of hydrogen-bond donors (Lipinski definition) is 1. The summed E-state index contributed by atoms with van der Waals surface area (Å²) >= 11 is 0. The minimum atomic E-state index is -0.106. The van der Waals surface area contributed by atoms with Crippen molar-refractivity contribution in [2.24, 2.45) is 0 Å². The van der Waals surface area contributed by atoms with Gasteiger partial charge in [-0.25, -0.2) is 0 Å². The highest BCUT2D eigenvalue weighted by Gasteiger charge is 2.08. The molecule has 162 valence electrons. The Kier molecular flexibility index (Phi) is 8.35. The number of ether oxygens (including phenoxy) is 3. The van der Waals surface area contributed by atoms with E-state index in [1.54, 1.807) is 12.1 Å². The maximum atomic E-state index is 12.4. The Morgan fingerprint density at radius 1 is 0.774 bits per heavy atom. The van der Waals surface area contributed by atoms with Gasteiger partial charge in [-0.3, -0.25) is 4.79 Å². The summed E-state index contributed by atoms with van der Waals surface area (Å²) in [7, 11) is 0. The molecule has 0 aliphatic carbocycles. The van der Waals surface area contributed by atoms with Crippen LogP contribution in [0.2, 0.25) is 0 Å². The van der Waals surface area contributed by atoms with Crippen molar-refractivity contribution in [2.75, 3.05) is 19.8 Å². The van der Waals surface area contributed by atoms with E-state index in [0.717, 1.165) is 28.4 Å². The maximum Gasteiger partial charge on any atom is 0.251 e. The standard InChI is InChI=1S/C26H29NO4/c1-3-29-24-15-10-20(18-25(24)30-4-2)16-17-27-26(28)22-11-13-23(14-12-22)31-19-21-8-6-5-7-9-21/h5-15,18H,3-4,16-17,19H2,1-2H3,(H,27,28). The lowest BCUT2D eigenvalue weighted by molar-refractivity contribution is 0.0954. The number of amides is 1. The molecule has 5 heteroatoms. The molecule has 0 aliphatic rings. The molecule has 0 heterocycles. The van der Waals surface area contributed by atoms with Crippen molar-refractivity contribution < 1.29 is 19.0 Å². The predicted molar refractivity (Wildman–Crippen MR) is 122 cm³/mol. The highest BCUT2D eigenvalue weighted by atomic mass is 16.5. The molecule has 0 aliphatic heterocycles. The molecule has 0 fully saturated rings. The van der Waals surface area contributed by atoms with Gasteiger partial charge < -0.3 is 19.5 Å². The number of benzene rings is 3. The van der Waals surface area contributed by atoms with Crippen molar-refractivity contribution in [3.05, 3.63) is 89.5 Å². The van der Waals surface area contributed by atoms with E-state index in [1.165, 1.54) is 0 Å². The van der Waals surface area contributed by atoms with Crippen LogP contribution in [-0.4, -0.2) is 25.7 Å². The van der Waals surface area contributed by atoms with Gasteiger partial charge in [-0.05, 0) is 67.8 Å². The number of carbonyl (C=O) groups is 1. The third-order valence-corrected chi connectivity index (χ3v) is 4.67. The number of carbonyl (C=O) groups excluding carboxylic acids is 1. The molecule has 0 atom stereocenters. The molecule has 0 aromatic heterocycles. The minimum Gasteiger partial charge on any atom is -0.490 e. The van der Waals surface area contributed by atoms with Crippen molar-refractivity contribution in [2.45, 2.75) is 26.9 Å². The molecule has 0 radical (unpaired) electrons. The lowest BCUT2D eigenvalue weighted by atomic mass is 10.1. The van der Waals surface area contributed by atoms with Gasteiger partial charge >= 0.3 is 0 Å². The van der Waals surface area contributed by atoms with E-state index >= 15 is 0 Å². The van der Waals surface area contributed by atoms with E-state index in [2.05, 4.69) is 5.32 Å². The molecule has 0 spiro atoms. The Bertz CT molecular complexity index is 955. The van der Waals surface area contributed by atoms with Gasteiger partial charge in [0.2, 0.25) is 0 Å². The first kappa shape index (κ1) is 22.2. The van der Waals surface area contributed by atoms with E-state index in [1.807, 2.05) is 74.5 Å². The largest absolute Gasteiger partial charge is 0.490 e. The minimum absolute atomic E-state index is 0.106. The van der Waals surface area contributed by atoms with Crippen LogP contribution in [-0.2, 0) is 13.0 Å². The van der Waals surface area contributed by atoms with Crippen LogP contribution in [0.4, 0.5) is 0 Å². The van der Waals surface area contributed by atoms with Crippen LogP contribution in [0.1, 0.15) is 35.3 Å². The molecule has 5 nitrogen and oxygen atoms in total. The number of hydrogen-bond acceptors (Lipinski definition) is 4. The summed E-state index contributed by atoms with van der Waals surface area (Å²) in [5.74, 6) is 2.11. The molecular weight excluding hydrogens is 390 g/mol. The average Bonchev–Trinajstić information content (AvgIpc) is 2.80. The summed E-state index contributed by atoms with van der Waals surface area (Å²) in [5.41, 5.74) is 2.79. The first-order valence-corrected chi connectivity index (χ1v) is 10.6. The number of rotatable bonds is 11. The summed E-state index contributed by atoms with van der Waals surface area (Å²) in [6.07, 6.45) is 0.705. The highest BCUT2D eigenvalue weighted by Crippen LogP contribution is 2.28. The van der Waals surface area contributed by atoms with E-state index in [9.17, 15) is 4.79 Å². The molecule has 0 bridgehead atoms. The van der Waals surface area contributed by atoms with Crippen LogP contribution in [0.15, 0.2) is 72.8 Å². The summed E-state index contributed by atoms with van der Waals surface area (Å²) in [6.45, 7) is 6.08. The Balaban J connectivity index is 1.48. The Morgan fingerprint density at radius 3 is 2.19 bits per heavy atom. The Labute approximate surface area is 184 Å². The average molecular weight is 420 g/mol. The molecule has 3 aromatic carbocycles. The van der Waals surface area contributed by atoms with Crippen molar-refractivity contribution in [1.29, 1.82) is 0 Å². The van der Waals surface area contributed by atoms with E-state index < -0.39 is 0 Å². The van der Waals surface area contributed by atoms with Crippen molar-refractivity contribution in [1.82, 2.24) is 5.32 Å². The SMILES string of the molecule is CCOc1ccc(CCNC(=O)c2ccc(OCc3ccccc3)cc2)cc1OCC. The molecule has 0 saturated heterocycles. The Hall–Kier alpha value is -3.47. The highest BCUT2D eigenvalue weighted by molar-refractivity contribution is 5.94. The van der Waals surface area contributed by atoms with Crippen molar-refractivity contribution in [3.8, 4) is 17.2 Å². The lowest BCUT2D eigenvalue weighted by Crippen LogP contribution is -2.25. The fourth-order valence-corrected chi connectivity index (χ4v) is 3.12. The topological polar surface area (TPSA) is 56.8 Å². The molecule has 3 aromatic rings. The molecular formula is C26H29NO4.